The average Bonchev–Trinajstić information content (AvgIpc) is 2.78. The van der Waals surface area contributed by atoms with Crippen LogP contribution in [0.3, 0.4) is 0 Å². The number of carbonyl (C=O) groups excluding carboxylic acids is 1. The van der Waals surface area contributed by atoms with Crippen molar-refractivity contribution in [1.82, 2.24) is 0 Å². The third-order valence-corrected chi connectivity index (χ3v) is 5.23. The summed E-state index contributed by atoms with van der Waals surface area (Å²) in [7, 11) is -5.02. The largest absolute Gasteiger partial charge is 1.00 e. The van der Waals surface area contributed by atoms with E-state index in [9.17, 15) is 33.2 Å². The molecule has 0 heterocycles. The zero-order valence-electron chi connectivity index (χ0n) is 19.3. The molecule has 1 N–H and O–H groups in total. The average molecular weight is 611 g/mol. The number of aromatic carboxylic acids is 1. The fourth-order valence-corrected chi connectivity index (χ4v) is 3.73. The van der Waals surface area contributed by atoms with Crippen LogP contribution in [0.15, 0.2) is 72.8 Å². The number of carbonyl (C=O) groups is 1. The van der Waals surface area contributed by atoms with Crippen molar-refractivity contribution in [3.63, 3.8) is 0 Å². The van der Waals surface area contributed by atoms with Crippen LogP contribution in [0.2, 0.25) is 0 Å². The van der Waals surface area contributed by atoms with E-state index in [-0.39, 0.29) is 200 Å². The Morgan fingerprint density at radius 1 is 0.861 bits per heavy atom. The number of aliphatic hydroxyl groups is 1. The van der Waals surface area contributed by atoms with Gasteiger partial charge in [0.05, 0.1) is 5.97 Å². The summed E-state index contributed by atoms with van der Waals surface area (Å²) in [6.45, 7) is 0. The topological polar surface area (TPSA) is 178 Å². The van der Waals surface area contributed by atoms with Crippen molar-refractivity contribution in [1.29, 1.82) is 0 Å². The van der Waals surface area contributed by atoms with E-state index in [1.165, 1.54) is 60.7 Å². The third-order valence-electron chi connectivity index (χ3n) is 4.47. The molecule has 0 aromatic heterocycles. The fraction of sp³-hybridized carbons (Fsp3) is 0.0500. The van der Waals surface area contributed by atoms with Crippen molar-refractivity contribution in [3.8, 4) is 11.5 Å². The van der Waals surface area contributed by atoms with Crippen molar-refractivity contribution in [2.24, 2.45) is 0 Å². The van der Waals surface area contributed by atoms with Gasteiger partial charge in [-0.05, 0) is 35.4 Å². The number of hydrogen-bond acceptors (Lipinski definition) is 12. The van der Waals surface area contributed by atoms with Gasteiger partial charge in [0, 0.05) is 11.1 Å². The predicted octanol–water partition coefficient (Wildman–Crippen LogP) is -8.65. The second-order valence-corrected chi connectivity index (χ2v) is 7.79. The molecule has 0 fully saturated rings. The Morgan fingerprint density at radius 3 is 1.83 bits per heavy atom. The van der Waals surface area contributed by atoms with E-state index in [1.807, 2.05) is 0 Å². The van der Waals surface area contributed by atoms with Gasteiger partial charge in [-0.15, -0.1) is 4.33 Å². The van der Waals surface area contributed by atoms with E-state index in [1.54, 1.807) is 0 Å². The molecule has 3 aromatic rings. The Kier molecular flexibility index (Phi) is 18.4. The first kappa shape index (κ1) is 37.7. The molecule has 0 aliphatic rings. The summed E-state index contributed by atoms with van der Waals surface area (Å²) >= 11 is 0.253. The Labute approximate surface area is 338 Å². The van der Waals surface area contributed by atoms with Gasteiger partial charge >= 0.3 is 154 Å². The minimum atomic E-state index is -5.02. The first-order chi connectivity index (χ1) is 15.6. The van der Waals surface area contributed by atoms with Crippen LogP contribution in [0, 0.1) is 0 Å². The maximum atomic E-state index is 11.8. The van der Waals surface area contributed by atoms with E-state index in [0.29, 0.717) is 0 Å². The maximum absolute atomic E-state index is 11.8. The molecule has 36 heavy (non-hydrogen) atoms. The number of benzene rings is 3. The number of carboxylic acid groups (broad SMARTS) is 1. The molecule has 16 heteroatoms. The minimum absolute atomic E-state index is 0. The molecule has 0 amide bonds. The Bertz CT molecular complexity index is 1230. The smallest absolute Gasteiger partial charge is 0.716 e. The van der Waals surface area contributed by atoms with Gasteiger partial charge in [0.15, 0.2) is 0 Å². The van der Waals surface area contributed by atoms with Crippen molar-refractivity contribution in [2.45, 2.75) is 5.60 Å². The van der Waals surface area contributed by atoms with Gasteiger partial charge < -0.3 is 33.2 Å². The van der Waals surface area contributed by atoms with E-state index >= 15 is 0 Å². The van der Waals surface area contributed by atoms with E-state index in [0.717, 1.165) is 12.1 Å². The summed E-state index contributed by atoms with van der Waals surface area (Å²) in [5.74, 6) is -1.63. The van der Waals surface area contributed by atoms with Gasteiger partial charge in [0.1, 0.15) is 17.1 Å². The Balaban J connectivity index is 0.00000408. The van der Waals surface area contributed by atoms with Crippen LogP contribution in [0.4, 0.5) is 0 Å². The molecule has 0 saturated heterocycles. The molecular weight excluding hydrogens is 598 g/mol. The molecule has 1 atom stereocenters. The van der Waals surface area contributed by atoms with Crippen LogP contribution in [-0.2, 0) is 25.4 Å². The SMILES string of the molecule is O=C([O-])c1ccccc1C(O)(c1ccc(OSOO[O-])cc1)c1ccc(OS(=O)(=O)[O-])cc1.[K+].[K+].[K+]. The summed E-state index contributed by atoms with van der Waals surface area (Å²) in [6.07, 6.45) is 0. The Morgan fingerprint density at radius 2 is 1.36 bits per heavy atom. The molecule has 1 unspecified atom stereocenters. The van der Waals surface area contributed by atoms with Crippen LogP contribution in [0.1, 0.15) is 27.0 Å². The molecule has 0 radical (unpaired) electrons. The van der Waals surface area contributed by atoms with Gasteiger partial charge in [-0.25, -0.2) is 8.42 Å². The van der Waals surface area contributed by atoms with E-state index < -0.39 is 22.0 Å². The quantitative estimate of drug-likeness (QED) is 0.0336. The summed E-state index contributed by atoms with van der Waals surface area (Å²) < 4.78 is 45.8. The molecule has 174 valence electrons. The van der Waals surface area contributed by atoms with Gasteiger partial charge in [-0.1, -0.05) is 48.5 Å². The van der Waals surface area contributed by atoms with Crippen LogP contribution >= 0.6 is 12.3 Å². The van der Waals surface area contributed by atoms with Gasteiger partial charge in [0.2, 0.25) is 0 Å². The summed E-state index contributed by atoms with van der Waals surface area (Å²) in [5.41, 5.74) is -2.08. The summed E-state index contributed by atoms with van der Waals surface area (Å²) in [6, 6.07) is 16.1. The normalized spacial score (nSPS) is 12.1. The first-order valence-electron chi connectivity index (χ1n) is 8.84. The van der Waals surface area contributed by atoms with Crippen molar-refractivity contribution < 1.29 is 205 Å². The van der Waals surface area contributed by atoms with Crippen LogP contribution in [-0.4, -0.2) is 24.0 Å². The van der Waals surface area contributed by atoms with Gasteiger partial charge in [-0.3, -0.25) is 5.04 Å². The van der Waals surface area contributed by atoms with Crippen molar-refractivity contribution in [2.75, 3.05) is 0 Å². The van der Waals surface area contributed by atoms with Gasteiger partial charge in [0.25, 0.3) is 22.7 Å². The first-order valence-corrected chi connectivity index (χ1v) is 10.8. The molecule has 11 nitrogen and oxygen atoms in total. The summed E-state index contributed by atoms with van der Waals surface area (Å²) in [4.78, 5) is 11.7. The van der Waals surface area contributed by atoms with E-state index in [4.69, 9.17) is 4.18 Å². The zero-order chi connectivity index (χ0) is 24.1. The minimum Gasteiger partial charge on any atom is -0.716 e. The second-order valence-electron chi connectivity index (χ2n) is 6.37. The monoisotopic (exact) mass is 610 g/mol. The molecule has 0 saturated carbocycles. The molecule has 0 aliphatic heterocycles. The number of carboxylic acids is 1. The molecule has 0 aliphatic carbocycles. The number of rotatable bonds is 10. The van der Waals surface area contributed by atoms with Crippen LogP contribution in [0.25, 0.3) is 0 Å². The molecular formula is C20H13K3O11S2. The molecule has 0 spiro atoms. The standard InChI is InChI=1S/C20H16O11S2.3K/c21-19(22)17-3-1-2-4-18(17)20(23,13-5-9-15(10-6-13)28-32-31-30-24)14-7-11-16(12-8-14)29-33(25,26)27;;;/h1-12,23-24H,(H,21,22)(H,25,26,27);;;/q;3*+1/p-3. The fourth-order valence-electron chi connectivity index (χ4n) is 3.14. The number of hydrogen-bond donors (Lipinski definition) is 1. The maximum Gasteiger partial charge on any atom is 1.00 e. The van der Waals surface area contributed by atoms with Crippen molar-refractivity contribution >= 4 is 28.7 Å². The summed E-state index contributed by atoms with van der Waals surface area (Å²) in [5, 5.41) is 36.6. The molecule has 0 bridgehead atoms. The molecule has 3 aromatic carbocycles. The molecule has 3 rings (SSSR count). The van der Waals surface area contributed by atoms with Crippen LogP contribution in [0.5, 0.6) is 11.5 Å². The van der Waals surface area contributed by atoms with E-state index in [2.05, 4.69) is 13.6 Å². The predicted molar refractivity (Wildman–Crippen MR) is 106 cm³/mol. The third kappa shape index (κ3) is 10.3. The van der Waals surface area contributed by atoms with Crippen molar-refractivity contribution in [3.05, 3.63) is 95.1 Å². The zero-order valence-corrected chi connectivity index (χ0v) is 30.3. The van der Waals surface area contributed by atoms with Crippen LogP contribution < -0.4 is 173 Å². The second kappa shape index (κ2) is 17.5. The van der Waals surface area contributed by atoms with Gasteiger partial charge in [-0.2, -0.15) is 0 Å². The Hall–Kier alpha value is 1.74.